The first-order valence-electron chi connectivity index (χ1n) is 7.48. The van der Waals surface area contributed by atoms with Gasteiger partial charge in [-0.15, -0.1) is 0 Å². The van der Waals surface area contributed by atoms with Crippen LogP contribution in [0, 0.1) is 17.7 Å². The van der Waals surface area contributed by atoms with E-state index < -0.39 is 29.7 Å². The fourth-order valence-electron chi connectivity index (χ4n) is 2.76. The summed E-state index contributed by atoms with van der Waals surface area (Å²) < 4.78 is 18.4. The molecular weight excluding hydrogens is 319 g/mol. The van der Waals surface area contributed by atoms with Crippen molar-refractivity contribution in [2.75, 3.05) is 25.5 Å². The number of aliphatic carboxylic acids is 1. The standard InChI is InChI=1S/C16H19FN2O5/c1-9-5-11(14(20)21)8-19(7-9)16(23)18-13-6-10(15(22)24-2)3-4-12(13)17/h3-4,6,9,11H,5,7-8H2,1-2H3,(H,18,23)(H,20,21). The lowest BCUT2D eigenvalue weighted by Crippen LogP contribution is -2.47. The van der Waals surface area contributed by atoms with Gasteiger partial charge in [-0.25, -0.2) is 14.0 Å². The van der Waals surface area contributed by atoms with Crippen LogP contribution < -0.4 is 5.32 Å². The lowest BCUT2D eigenvalue weighted by Gasteiger charge is -2.34. The predicted octanol–water partition coefficient (Wildman–Crippen LogP) is 2.19. The van der Waals surface area contributed by atoms with Gasteiger partial charge >= 0.3 is 18.0 Å². The molecule has 1 aromatic carbocycles. The highest BCUT2D eigenvalue weighted by atomic mass is 19.1. The summed E-state index contributed by atoms with van der Waals surface area (Å²) in [4.78, 5) is 36.3. The number of carboxylic acid groups (broad SMARTS) is 1. The van der Waals surface area contributed by atoms with Crippen LogP contribution in [0.15, 0.2) is 18.2 Å². The van der Waals surface area contributed by atoms with E-state index in [4.69, 9.17) is 5.11 Å². The van der Waals surface area contributed by atoms with E-state index in [2.05, 4.69) is 10.1 Å². The Hall–Kier alpha value is -2.64. The first-order valence-corrected chi connectivity index (χ1v) is 7.48. The molecule has 0 spiro atoms. The van der Waals surface area contributed by atoms with Gasteiger partial charge in [-0.05, 0) is 30.5 Å². The van der Waals surface area contributed by atoms with Gasteiger partial charge in [0.05, 0.1) is 24.3 Å². The number of amides is 2. The molecule has 1 aromatic rings. The third-order valence-corrected chi connectivity index (χ3v) is 3.93. The van der Waals surface area contributed by atoms with Crippen LogP contribution in [0.1, 0.15) is 23.7 Å². The van der Waals surface area contributed by atoms with Crippen molar-refractivity contribution in [2.24, 2.45) is 11.8 Å². The summed E-state index contributed by atoms with van der Waals surface area (Å²) in [6, 6.07) is 2.89. The summed E-state index contributed by atoms with van der Waals surface area (Å²) >= 11 is 0. The van der Waals surface area contributed by atoms with Crippen LogP contribution in [0.2, 0.25) is 0 Å². The molecule has 1 aliphatic rings. The molecule has 0 bridgehead atoms. The number of carbonyl (C=O) groups excluding carboxylic acids is 2. The fraction of sp³-hybridized carbons (Fsp3) is 0.438. The normalized spacial score (nSPS) is 20.4. The van der Waals surface area contributed by atoms with Crippen LogP contribution in [0.25, 0.3) is 0 Å². The number of likely N-dealkylation sites (tertiary alicyclic amines) is 1. The van der Waals surface area contributed by atoms with Crippen LogP contribution in [0.5, 0.6) is 0 Å². The maximum absolute atomic E-state index is 13.9. The van der Waals surface area contributed by atoms with Crippen LogP contribution >= 0.6 is 0 Å². The number of ether oxygens (including phenoxy) is 1. The number of halogens is 1. The van der Waals surface area contributed by atoms with Crippen molar-refractivity contribution in [3.8, 4) is 0 Å². The zero-order valence-electron chi connectivity index (χ0n) is 13.4. The summed E-state index contributed by atoms with van der Waals surface area (Å²) in [6.07, 6.45) is 0.491. The molecule has 2 rings (SSSR count). The van der Waals surface area contributed by atoms with Crippen molar-refractivity contribution in [3.05, 3.63) is 29.6 Å². The Morgan fingerprint density at radius 1 is 1.33 bits per heavy atom. The quantitative estimate of drug-likeness (QED) is 0.824. The van der Waals surface area contributed by atoms with E-state index in [9.17, 15) is 18.8 Å². The van der Waals surface area contributed by atoms with Gasteiger partial charge in [0.25, 0.3) is 0 Å². The van der Waals surface area contributed by atoms with Gasteiger partial charge in [-0.1, -0.05) is 6.92 Å². The smallest absolute Gasteiger partial charge is 0.337 e. The van der Waals surface area contributed by atoms with Gasteiger partial charge < -0.3 is 20.1 Å². The van der Waals surface area contributed by atoms with Gasteiger partial charge in [-0.3, -0.25) is 4.79 Å². The second-order valence-corrected chi connectivity index (χ2v) is 5.90. The number of nitrogens with zero attached hydrogens (tertiary/aromatic N) is 1. The van der Waals surface area contributed by atoms with E-state index in [1.54, 1.807) is 0 Å². The van der Waals surface area contributed by atoms with Gasteiger partial charge in [0.2, 0.25) is 0 Å². The number of benzene rings is 1. The third kappa shape index (κ3) is 4.01. The summed E-state index contributed by atoms with van der Waals surface area (Å²) in [5.41, 5.74) is -0.0578. The third-order valence-electron chi connectivity index (χ3n) is 3.93. The lowest BCUT2D eigenvalue weighted by molar-refractivity contribution is -0.143. The van der Waals surface area contributed by atoms with Gasteiger partial charge in [0.15, 0.2) is 0 Å². The average molecular weight is 338 g/mol. The molecule has 8 heteroatoms. The van der Waals surface area contributed by atoms with E-state index >= 15 is 0 Å². The number of hydrogen-bond donors (Lipinski definition) is 2. The van der Waals surface area contributed by atoms with Gasteiger partial charge in [0.1, 0.15) is 5.82 Å². The molecule has 1 fully saturated rings. The number of rotatable bonds is 3. The number of anilines is 1. The maximum Gasteiger partial charge on any atom is 0.337 e. The number of hydrogen-bond acceptors (Lipinski definition) is 4. The van der Waals surface area contributed by atoms with E-state index in [0.29, 0.717) is 13.0 Å². The average Bonchev–Trinajstić information content (AvgIpc) is 2.55. The molecule has 0 radical (unpaired) electrons. The van der Waals surface area contributed by atoms with Crippen LogP contribution in [-0.2, 0) is 9.53 Å². The Morgan fingerprint density at radius 2 is 2.04 bits per heavy atom. The Morgan fingerprint density at radius 3 is 2.67 bits per heavy atom. The Bertz CT molecular complexity index is 664. The van der Waals surface area contributed by atoms with Crippen molar-refractivity contribution < 1.29 is 28.6 Å². The molecule has 1 heterocycles. The Labute approximate surface area is 138 Å². The summed E-state index contributed by atoms with van der Waals surface area (Å²) in [7, 11) is 1.20. The molecule has 1 aliphatic heterocycles. The highest BCUT2D eigenvalue weighted by molar-refractivity contribution is 5.94. The number of esters is 1. The fourth-order valence-corrected chi connectivity index (χ4v) is 2.76. The molecule has 2 atom stereocenters. The summed E-state index contributed by atoms with van der Waals surface area (Å²) in [5.74, 6) is -2.93. The highest BCUT2D eigenvalue weighted by Gasteiger charge is 2.32. The van der Waals surface area contributed by atoms with E-state index in [1.165, 1.54) is 24.1 Å². The Kier molecular flexibility index (Phi) is 5.38. The van der Waals surface area contributed by atoms with Crippen molar-refractivity contribution in [3.63, 3.8) is 0 Å². The number of carbonyl (C=O) groups is 3. The maximum atomic E-state index is 13.9. The zero-order chi connectivity index (χ0) is 17.9. The highest BCUT2D eigenvalue weighted by Crippen LogP contribution is 2.23. The first-order chi connectivity index (χ1) is 11.3. The summed E-state index contributed by atoms with van der Waals surface area (Å²) in [5, 5.41) is 11.5. The molecule has 24 heavy (non-hydrogen) atoms. The predicted molar refractivity (Wildman–Crippen MR) is 83.2 cm³/mol. The number of urea groups is 1. The molecular formula is C16H19FN2O5. The number of nitrogens with one attached hydrogen (secondary N) is 1. The molecule has 1 saturated heterocycles. The molecule has 2 amide bonds. The molecule has 2 unspecified atom stereocenters. The molecule has 7 nitrogen and oxygen atoms in total. The van der Waals surface area contributed by atoms with Crippen LogP contribution in [0.3, 0.4) is 0 Å². The monoisotopic (exact) mass is 338 g/mol. The van der Waals surface area contributed by atoms with E-state index in [-0.39, 0.29) is 23.7 Å². The van der Waals surface area contributed by atoms with Crippen LogP contribution in [-0.4, -0.2) is 48.2 Å². The van der Waals surface area contributed by atoms with Crippen molar-refractivity contribution in [1.29, 1.82) is 0 Å². The van der Waals surface area contributed by atoms with Gasteiger partial charge in [0, 0.05) is 13.1 Å². The van der Waals surface area contributed by atoms with Crippen molar-refractivity contribution in [2.45, 2.75) is 13.3 Å². The topological polar surface area (TPSA) is 95.9 Å². The second-order valence-electron chi connectivity index (χ2n) is 5.90. The van der Waals surface area contributed by atoms with Crippen molar-refractivity contribution >= 4 is 23.7 Å². The molecule has 0 aromatic heterocycles. The number of carboxylic acids is 1. The van der Waals surface area contributed by atoms with E-state index in [1.807, 2.05) is 6.92 Å². The van der Waals surface area contributed by atoms with Crippen molar-refractivity contribution in [1.82, 2.24) is 4.90 Å². The lowest BCUT2D eigenvalue weighted by atomic mass is 9.91. The molecule has 2 N–H and O–H groups in total. The second kappa shape index (κ2) is 7.29. The minimum Gasteiger partial charge on any atom is -0.481 e. The van der Waals surface area contributed by atoms with Crippen LogP contribution in [0.4, 0.5) is 14.9 Å². The minimum absolute atomic E-state index is 0.0249. The molecule has 0 aliphatic carbocycles. The van der Waals surface area contributed by atoms with E-state index in [0.717, 1.165) is 6.07 Å². The SMILES string of the molecule is COC(=O)c1ccc(F)c(NC(=O)N2CC(C)CC(C(=O)O)C2)c1. The largest absolute Gasteiger partial charge is 0.481 e. The molecule has 130 valence electrons. The van der Waals surface area contributed by atoms with Gasteiger partial charge in [-0.2, -0.15) is 0 Å². The first kappa shape index (κ1) is 17.7. The molecule has 0 saturated carbocycles. The number of methoxy groups -OCH3 is 1. The minimum atomic E-state index is -0.960. The number of piperidine rings is 1. The Balaban J connectivity index is 2.14. The zero-order valence-corrected chi connectivity index (χ0v) is 13.4. The summed E-state index contributed by atoms with van der Waals surface area (Å²) in [6.45, 7) is 2.30.